The van der Waals surface area contributed by atoms with Gasteiger partial charge in [0, 0.05) is 6.20 Å². The number of carbonyl (C=O) groups excluding carboxylic acids is 1. The second kappa shape index (κ2) is 9.75. The number of hydrogen-bond donors (Lipinski definition) is 2. The van der Waals surface area contributed by atoms with Crippen molar-refractivity contribution in [2.24, 2.45) is 0 Å². The summed E-state index contributed by atoms with van der Waals surface area (Å²) in [5.41, 5.74) is 1.43. The summed E-state index contributed by atoms with van der Waals surface area (Å²) < 4.78 is 32.4. The molecule has 11 nitrogen and oxygen atoms in total. The van der Waals surface area contributed by atoms with E-state index in [1.54, 1.807) is 12.1 Å². The van der Waals surface area contributed by atoms with E-state index >= 15 is 0 Å². The van der Waals surface area contributed by atoms with Crippen LogP contribution < -0.4 is 14.8 Å². The Kier molecular flexibility index (Phi) is 6.79. The highest BCUT2D eigenvalue weighted by Gasteiger charge is 2.35. The fourth-order valence-corrected chi connectivity index (χ4v) is 5.10. The molecule has 0 radical (unpaired) electrons. The predicted octanol–water partition coefficient (Wildman–Crippen LogP) is 2.57. The highest BCUT2D eigenvalue weighted by molar-refractivity contribution is 7.93. The van der Waals surface area contributed by atoms with Crippen LogP contribution in [0.1, 0.15) is 54.6 Å². The monoisotopic (exact) mass is 489 g/mol. The number of nitrogens with zero attached hydrogens (tertiary/aromatic N) is 5. The third-order valence-corrected chi connectivity index (χ3v) is 7.63. The molecule has 0 aromatic carbocycles. The van der Waals surface area contributed by atoms with Crippen molar-refractivity contribution in [1.29, 1.82) is 0 Å². The standard InChI is InChI=1S/C20H23N7O4S2/c1-3-14(15-9-12(7-8-22-15)27-33(29,30)13-5-6-13)24-18(28)20-26-25-19(32-20)16-10-21-11-17(23-16)31-4-2/h7-11,13-14H,3-6H2,1-2H3,(H,22,27)(H,24,28)/t14-/m0/s1. The zero-order valence-corrected chi connectivity index (χ0v) is 19.7. The second-order valence-corrected chi connectivity index (χ2v) is 10.3. The Hall–Kier alpha value is -3.19. The number of pyridine rings is 1. The Morgan fingerprint density at radius 3 is 2.82 bits per heavy atom. The minimum atomic E-state index is -3.39. The first kappa shape index (κ1) is 23.0. The van der Waals surface area contributed by atoms with E-state index in [-0.39, 0.29) is 10.3 Å². The van der Waals surface area contributed by atoms with Gasteiger partial charge in [0.2, 0.25) is 20.9 Å². The highest BCUT2D eigenvalue weighted by Crippen LogP contribution is 2.30. The van der Waals surface area contributed by atoms with Crippen molar-refractivity contribution in [3.05, 3.63) is 41.4 Å². The van der Waals surface area contributed by atoms with Crippen molar-refractivity contribution in [2.45, 2.75) is 44.4 Å². The first-order valence-electron chi connectivity index (χ1n) is 10.5. The van der Waals surface area contributed by atoms with Crippen LogP contribution in [0.5, 0.6) is 5.88 Å². The van der Waals surface area contributed by atoms with Crippen LogP contribution in [-0.2, 0) is 10.0 Å². The minimum absolute atomic E-state index is 0.164. The summed E-state index contributed by atoms with van der Waals surface area (Å²) in [6.45, 7) is 4.20. The number of rotatable bonds is 10. The molecule has 3 aromatic heterocycles. The van der Waals surface area contributed by atoms with Crippen LogP contribution in [0.2, 0.25) is 0 Å². The quantitative estimate of drug-likeness (QED) is 0.438. The Bertz CT molecular complexity index is 1240. The molecule has 33 heavy (non-hydrogen) atoms. The molecule has 0 spiro atoms. The Balaban J connectivity index is 1.46. The van der Waals surface area contributed by atoms with Crippen LogP contribution in [-0.4, -0.2) is 51.3 Å². The van der Waals surface area contributed by atoms with Crippen LogP contribution in [0.4, 0.5) is 5.69 Å². The van der Waals surface area contributed by atoms with E-state index in [1.165, 1.54) is 18.6 Å². The van der Waals surface area contributed by atoms with E-state index in [9.17, 15) is 13.2 Å². The van der Waals surface area contributed by atoms with E-state index in [0.717, 1.165) is 11.3 Å². The molecular formula is C20H23N7O4S2. The van der Waals surface area contributed by atoms with E-state index in [0.29, 0.717) is 53.8 Å². The molecule has 3 aromatic rings. The molecule has 0 bridgehead atoms. The highest BCUT2D eigenvalue weighted by atomic mass is 32.2. The molecule has 2 N–H and O–H groups in total. The number of sulfonamides is 1. The molecule has 4 rings (SSSR count). The van der Waals surface area contributed by atoms with Crippen molar-refractivity contribution in [2.75, 3.05) is 11.3 Å². The maximum atomic E-state index is 12.8. The molecule has 1 saturated carbocycles. The number of anilines is 1. The molecule has 0 unspecified atom stereocenters. The topological polar surface area (TPSA) is 149 Å². The maximum Gasteiger partial charge on any atom is 0.282 e. The van der Waals surface area contributed by atoms with Crippen LogP contribution >= 0.6 is 11.3 Å². The first-order valence-corrected chi connectivity index (χ1v) is 12.8. The van der Waals surface area contributed by atoms with Crippen LogP contribution in [0.15, 0.2) is 30.7 Å². The lowest BCUT2D eigenvalue weighted by molar-refractivity contribution is 0.0933. The molecule has 0 saturated heterocycles. The molecule has 1 amide bonds. The number of amides is 1. The van der Waals surface area contributed by atoms with Crippen LogP contribution in [0.3, 0.4) is 0 Å². The zero-order valence-electron chi connectivity index (χ0n) is 18.1. The molecule has 1 fully saturated rings. The fourth-order valence-electron chi connectivity index (χ4n) is 3.02. The van der Waals surface area contributed by atoms with Gasteiger partial charge in [-0.15, -0.1) is 10.2 Å². The number of carbonyl (C=O) groups is 1. The maximum absolute atomic E-state index is 12.8. The average Bonchev–Trinajstić information content (AvgIpc) is 3.56. The second-order valence-electron chi connectivity index (χ2n) is 7.34. The van der Waals surface area contributed by atoms with Gasteiger partial charge in [-0.05, 0) is 38.3 Å². The van der Waals surface area contributed by atoms with Crippen LogP contribution in [0.25, 0.3) is 10.7 Å². The van der Waals surface area contributed by atoms with Crippen molar-refractivity contribution in [3.63, 3.8) is 0 Å². The molecule has 3 heterocycles. The molecule has 0 aliphatic heterocycles. The molecule has 1 aliphatic carbocycles. The smallest absolute Gasteiger partial charge is 0.282 e. The summed E-state index contributed by atoms with van der Waals surface area (Å²) in [5.74, 6) is -0.0456. The summed E-state index contributed by atoms with van der Waals surface area (Å²) in [6.07, 6.45) is 6.43. The molecular weight excluding hydrogens is 466 g/mol. The molecule has 1 atom stereocenters. The average molecular weight is 490 g/mol. The third kappa shape index (κ3) is 5.60. The first-order chi connectivity index (χ1) is 15.9. The van der Waals surface area contributed by atoms with E-state index in [2.05, 4.69) is 35.2 Å². The fraction of sp³-hybridized carbons (Fsp3) is 0.400. The normalized spacial score (nSPS) is 14.5. The van der Waals surface area contributed by atoms with Crippen molar-refractivity contribution in [3.8, 4) is 16.6 Å². The van der Waals surface area contributed by atoms with Crippen molar-refractivity contribution >= 4 is 33.0 Å². The molecule has 174 valence electrons. The lowest BCUT2D eigenvalue weighted by Gasteiger charge is -2.16. The molecule has 1 aliphatic rings. The minimum Gasteiger partial charge on any atom is -0.477 e. The zero-order chi connectivity index (χ0) is 23.4. The Labute approximate surface area is 195 Å². The number of ether oxygens (including phenoxy) is 1. The van der Waals surface area contributed by atoms with Gasteiger partial charge < -0.3 is 10.1 Å². The Morgan fingerprint density at radius 2 is 2.09 bits per heavy atom. The van der Waals surface area contributed by atoms with E-state index in [4.69, 9.17) is 4.74 Å². The number of hydrogen-bond acceptors (Lipinski definition) is 10. The van der Waals surface area contributed by atoms with E-state index in [1.807, 2.05) is 13.8 Å². The number of nitrogens with one attached hydrogen (secondary N) is 2. The van der Waals surface area contributed by atoms with Gasteiger partial charge in [0.15, 0.2) is 5.01 Å². The van der Waals surface area contributed by atoms with Crippen LogP contribution in [0, 0.1) is 0 Å². The lowest BCUT2D eigenvalue weighted by Crippen LogP contribution is -2.29. The summed E-state index contributed by atoms with van der Waals surface area (Å²) in [7, 11) is -3.39. The van der Waals surface area contributed by atoms with Crippen molar-refractivity contribution in [1.82, 2.24) is 30.5 Å². The van der Waals surface area contributed by atoms with Gasteiger partial charge in [0.1, 0.15) is 5.69 Å². The van der Waals surface area contributed by atoms with Gasteiger partial charge in [-0.1, -0.05) is 18.3 Å². The van der Waals surface area contributed by atoms with Gasteiger partial charge in [-0.3, -0.25) is 19.5 Å². The summed E-state index contributed by atoms with van der Waals surface area (Å²) >= 11 is 1.09. The van der Waals surface area contributed by atoms with E-state index < -0.39 is 22.0 Å². The predicted molar refractivity (Wildman–Crippen MR) is 122 cm³/mol. The molecule has 13 heteroatoms. The summed E-state index contributed by atoms with van der Waals surface area (Å²) in [4.78, 5) is 25.5. The Morgan fingerprint density at radius 1 is 1.27 bits per heavy atom. The number of aromatic nitrogens is 5. The van der Waals surface area contributed by atoms with Crippen molar-refractivity contribution < 1.29 is 17.9 Å². The van der Waals surface area contributed by atoms with Gasteiger partial charge in [-0.2, -0.15) is 0 Å². The lowest BCUT2D eigenvalue weighted by atomic mass is 10.1. The van der Waals surface area contributed by atoms with Gasteiger partial charge in [0.05, 0.1) is 41.7 Å². The third-order valence-electron chi connectivity index (χ3n) is 4.82. The summed E-state index contributed by atoms with van der Waals surface area (Å²) in [6, 6.07) is 2.79. The van der Waals surface area contributed by atoms with Gasteiger partial charge >= 0.3 is 0 Å². The van der Waals surface area contributed by atoms with Gasteiger partial charge in [0.25, 0.3) is 5.91 Å². The SMILES string of the molecule is CCOc1cncc(-c2nnc(C(=O)N[C@@H](CC)c3cc(NS(=O)(=O)C4CC4)ccn3)s2)n1. The summed E-state index contributed by atoms with van der Waals surface area (Å²) in [5, 5.41) is 11.2. The van der Waals surface area contributed by atoms with Gasteiger partial charge in [-0.25, -0.2) is 13.4 Å². The largest absolute Gasteiger partial charge is 0.477 e.